The van der Waals surface area contributed by atoms with Crippen molar-refractivity contribution in [2.24, 2.45) is 5.92 Å². The van der Waals surface area contributed by atoms with Crippen molar-refractivity contribution in [2.75, 3.05) is 11.9 Å². The van der Waals surface area contributed by atoms with Gasteiger partial charge in [0.2, 0.25) is 0 Å². The van der Waals surface area contributed by atoms with E-state index in [1.807, 2.05) is 0 Å². The van der Waals surface area contributed by atoms with E-state index in [1.165, 1.54) is 30.6 Å². The van der Waals surface area contributed by atoms with Gasteiger partial charge in [-0.05, 0) is 61.9 Å². The molecule has 1 amide bonds. The van der Waals surface area contributed by atoms with E-state index in [9.17, 15) is 13.6 Å². The van der Waals surface area contributed by atoms with Crippen LogP contribution in [0.5, 0.6) is 0 Å². The summed E-state index contributed by atoms with van der Waals surface area (Å²) in [5.74, 6) is -0.533. The minimum absolute atomic E-state index is 0.107. The average Bonchev–Trinajstić information content (AvgIpc) is 2.81. The van der Waals surface area contributed by atoms with Gasteiger partial charge in [0.05, 0.1) is 17.2 Å². The third-order valence-corrected chi connectivity index (χ3v) is 6.37. The van der Waals surface area contributed by atoms with Gasteiger partial charge in [-0.15, -0.1) is 0 Å². The molecule has 164 valence electrons. The summed E-state index contributed by atoms with van der Waals surface area (Å²) < 4.78 is 29.2. The highest BCUT2D eigenvalue weighted by Crippen LogP contribution is 2.38. The Kier molecular flexibility index (Phi) is 5.28. The highest BCUT2D eigenvalue weighted by Gasteiger charge is 2.44. The van der Waals surface area contributed by atoms with Crippen molar-refractivity contribution >= 4 is 11.7 Å². The zero-order valence-corrected chi connectivity index (χ0v) is 17.6. The molecule has 0 radical (unpaired) electrons. The van der Waals surface area contributed by atoms with Crippen LogP contribution in [-0.4, -0.2) is 44.4 Å². The summed E-state index contributed by atoms with van der Waals surface area (Å²) >= 11 is 0. The van der Waals surface area contributed by atoms with Crippen molar-refractivity contribution in [1.29, 1.82) is 0 Å². The molecule has 2 bridgehead atoms. The summed E-state index contributed by atoms with van der Waals surface area (Å²) in [7, 11) is 0. The molecule has 3 aliphatic rings. The van der Waals surface area contributed by atoms with Gasteiger partial charge in [0, 0.05) is 31.2 Å². The molecule has 6 rings (SSSR count). The van der Waals surface area contributed by atoms with Crippen molar-refractivity contribution in [3.05, 3.63) is 71.7 Å². The van der Waals surface area contributed by atoms with Gasteiger partial charge in [-0.3, -0.25) is 4.79 Å². The highest BCUT2D eigenvalue weighted by atomic mass is 19.1. The lowest BCUT2D eigenvalue weighted by Gasteiger charge is -2.50. The standard InChI is InChI=1S/C24H23F2N5O/c1-14-10-18(26)22(29-12-14)30-19-11-15-6-7-20(19)31(13-15)24(32)16-4-2-5-17(25)21(16)23-27-8-3-9-28-23/h2-5,8-10,12,15,19-20H,6-7,11,13H2,1H3,(H,29,30). The number of amides is 1. The van der Waals surface area contributed by atoms with Crippen LogP contribution in [0.3, 0.4) is 0 Å². The molecule has 4 heterocycles. The highest BCUT2D eigenvalue weighted by molar-refractivity contribution is 6.00. The van der Waals surface area contributed by atoms with E-state index >= 15 is 0 Å². The number of nitrogens with one attached hydrogen (secondary N) is 1. The molecule has 1 N–H and O–H groups in total. The van der Waals surface area contributed by atoms with Gasteiger partial charge < -0.3 is 10.2 Å². The average molecular weight is 435 g/mol. The second kappa shape index (κ2) is 8.26. The van der Waals surface area contributed by atoms with E-state index in [4.69, 9.17) is 0 Å². The van der Waals surface area contributed by atoms with E-state index in [-0.39, 0.29) is 40.8 Å². The molecule has 0 spiro atoms. The van der Waals surface area contributed by atoms with Gasteiger partial charge in [0.25, 0.3) is 5.91 Å². The van der Waals surface area contributed by atoms with Gasteiger partial charge in [-0.1, -0.05) is 6.07 Å². The van der Waals surface area contributed by atoms with Crippen LogP contribution in [0.25, 0.3) is 11.4 Å². The molecule has 3 atom stereocenters. The number of benzene rings is 1. The molecule has 1 saturated carbocycles. The molecule has 2 aliphatic heterocycles. The second-order valence-corrected chi connectivity index (χ2v) is 8.53. The van der Waals surface area contributed by atoms with Crippen LogP contribution >= 0.6 is 0 Å². The molecule has 3 aromatic rings. The molecule has 1 aliphatic carbocycles. The largest absolute Gasteiger partial charge is 0.363 e. The molecule has 2 aromatic heterocycles. The minimum Gasteiger partial charge on any atom is -0.363 e. The predicted octanol–water partition coefficient (Wildman–Crippen LogP) is 4.23. The number of carbonyl (C=O) groups is 1. The molecule has 1 aromatic carbocycles. The maximum absolute atomic E-state index is 14.8. The van der Waals surface area contributed by atoms with Crippen molar-refractivity contribution in [3.63, 3.8) is 0 Å². The second-order valence-electron chi connectivity index (χ2n) is 8.53. The number of rotatable bonds is 4. The first-order valence-electron chi connectivity index (χ1n) is 10.8. The van der Waals surface area contributed by atoms with E-state index in [2.05, 4.69) is 20.3 Å². The number of piperidine rings is 2. The summed E-state index contributed by atoms with van der Waals surface area (Å²) in [5, 5.41) is 3.22. The predicted molar refractivity (Wildman–Crippen MR) is 116 cm³/mol. The van der Waals surface area contributed by atoms with E-state index in [0.29, 0.717) is 12.5 Å². The van der Waals surface area contributed by atoms with Crippen molar-refractivity contribution in [3.8, 4) is 11.4 Å². The van der Waals surface area contributed by atoms with Crippen LogP contribution in [0, 0.1) is 24.5 Å². The Labute approximate surface area is 184 Å². The summed E-state index contributed by atoms with van der Waals surface area (Å²) in [6, 6.07) is 7.27. The van der Waals surface area contributed by atoms with Gasteiger partial charge in [0.1, 0.15) is 5.82 Å². The Balaban J connectivity index is 1.45. The number of pyridine rings is 1. The van der Waals surface area contributed by atoms with Crippen molar-refractivity contribution in [2.45, 2.75) is 38.3 Å². The number of nitrogens with zero attached hydrogens (tertiary/aromatic N) is 4. The number of hydrogen-bond donors (Lipinski definition) is 1. The third-order valence-electron chi connectivity index (χ3n) is 6.37. The zero-order chi connectivity index (χ0) is 22.2. The normalized spacial score (nSPS) is 22.1. The number of carbonyl (C=O) groups excluding carboxylic acids is 1. The Morgan fingerprint density at radius 2 is 1.91 bits per heavy atom. The summed E-state index contributed by atoms with van der Waals surface area (Å²) in [6.45, 7) is 2.38. The Morgan fingerprint density at radius 1 is 1.09 bits per heavy atom. The van der Waals surface area contributed by atoms with Gasteiger partial charge in [-0.2, -0.15) is 0 Å². The number of hydrogen-bond acceptors (Lipinski definition) is 5. The zero-order valence-electron chi connectivity index (χ0n) is 17.6. The number of aryl methyl sites for hydroxylation is 1. The summed E-state index contributed by atoms with van der Waals surface area (Å²) in [4.78, 5) is 27.9. The summed E-state index contributed by atoms with van der Waals surface area (Å²) in [5.41, 5.74) is 1.09. The van der Waals surface area contributed by atoms with Crippen LogP contribution < -0.4 is 5.32 Å². The lowest BCUT2D eigenvalue weighted by molar-refractivity contribution is 0.0281. The van der Waals surface area contributed by atoms with Crippen LogP contribution in [0.4, 0.5) is 14.6 Å². The fraction of sp³-hybridized carbons (Fsp3) is 0.333. The summed E-state index contributed by atoms with van der Waals surface area (Å²) in [6.07, 6.45) is 7.31. The number of halogens is 2. The molecule has 6 nitrogen and oxygen atoms in total. The number of anilines is 1. The van der Waals surface area contributed by atoms with Crippen molar-refractivity contribution < 1.29 is 13.6 Å². The molecule has 8 heteroatoms. The third kappa shape index (κ3) is 3.70. The molecular weight excluding hydrogens is 412 g/mol. The number of aromatic nitrogens is 3. The Morgan fingerprint density at radius 3 is 2.66 bits per heavy atom. The van der Waals surface area contributed by atoms with Gasteiger partial charge in [-0.25, -0.2) is 23.7 Å². The van der Waals surface area contributed by atoms with Gasteiger partial charge in [0.15, 0.2) is 17.5 Å². The van der Waals surface area contributed by atoms with Crippen LogP contribution in [-0.2, 0) is 0 Å². The van der Waals surface area contributed by atoms with Crippen LogP contribution in [0.15, 0.2) is 48.9 Å². The van der Waals surface area contributed by atoms with E-state index in [1.54, 1.807) is 30.2 Å². The molecule has 2 saturated heterocycles. The lowest BCUT2D eigenvalue weighted by atomic mass is 9.76. The van der Waals surface area contributed by atoms with Crippen molar-refractivity contribution in [1.82, 2.24) is 19.9 Å². The topological polar surface area (TPSA) is 71.0 Å². The molecule has 3 unspecified atom stereocenters. The first kappa shape index (κ1) is 20.5. The van der Waals surface area contributed by atoms with Crippen LogP contribution in [0.1, 0.15) is 35.2 Å². The monoisotopic (exact) mass is 435 g/mol. The number of fused-ring (bicyclic) bond motifs is 3. The Bertz CT molecular complexity index is 1160. The fourth-order valence-electron chi connectivity index (χ4n) is 4.91. The smallest absolute Gasteiger partial charge is 0.255 e. The Hall–Kier alpha value is -3.42. The lowest BCUT2D eigenvalue weighted by Crippen LogP contribution is -2.60. The SMILES string of the molecule is Cc1cnc(NC2CC3CCC2N(C(=O)c2cccc(F)c2-c2ncccn2)C3)c(F)c1. The quantitative estimate of drug-likeness (QED) is 0.664. The molecule has 3 fully saturated rings. The minimum atomic E-state index is -0.537. The fourth-order valence-corrected chi connectivity index (χ4v) is 4.91. The van der Waals surface area contributed by atoms with Gasteiger partial charge >= 0.3 is 0 Å². The van der Waals surface area contributed by atoms with E-state index in [0.717, 1.165) is 24.8 Å². The first-order chi connectivity index (χ1) is 15.5. The maximum atomic E-state index is 14.8. The first-order valence-corrected chi connectivity index (χ1v) is 10.8. The molecular formula is C24H23F2N5O. The maximum Gasteiger partial charge on any atom is 0.255 e. The molecule has 32 heavy (non-hydrogen) atoms. The van der Waals surface area contributed by atoms with E-state index < -0.39 is 11.6 Å². The van der Waals surface area contributed by atoms with Crippen LogP contribution in [0.2, 0.25) is 0 Å².